The van der Waals surface area contributed by atoms with Gasteiger partial charge in [0.1, 0.15) is 6.33 Å². The van der Waals surface area contributed by atoms with Gasteiger partial charge in [-0.25, -0.2) is 15.0 Å². The standard InChI is InChI=1S/C13H18BrN5/c14-13-18-10-11(15)16-8-17-12(10)19(13)7-6-9-4-2-1-3-5-9/h8-9H,1-7H2,(H2,15,16,17). The predicted molar refractivity (Wildman–Crippen MR) is 78.6 cm³/mol. The number of nitrogen functional groups attached to an aromatic ring is 1. The first-order chi connectivity index (χ1) is 9.25. The third-order valence-electron chi connectivity index (χ3n) is 4.00. The van der Waals surface area contributed by atoms with E-state index in [4.69, 9.17) is 5.73 Å². The number of hydrogen-bond donors (Lipinski definition) is 1. The van der Waals surface area contributed by atoms with Gasteiger partial charge in [-0.1, -0.05) is 32.1 Å². The number of nitrogens with zero attached hydrogens (tertiary/aromatic N) is 4. The van der Waals surface area contributed by atoms with Gasteiger partial charge in [0.25, 0.3) is 0 Å². The van der Waals surface area contributed by atoms with E-state index in [1.54, 1.807) is 0 Å². The number of anilines is 1. The summed E-state index contributed by atoms with van der Waals surface area (Å²) in [6.07, 6.45) is 9.58. The first-order valence-electron chi connectivity index (χ1n) is 6.88. The Hall–Kier alpha value is -1.17. The molecule has 19 heavy (non-hydrogen) atoms. The highest BCUT2D eigenvalue weighted by Crippen LogP contribution is 2.28. The Labute approximate surface area is 120 Å². The molecule has 1 aliphatic carbocycles. The van der Waals surface area contributed by atoms with Crippen molar-refractivity contribution in [1.29, 1.82) is 0 Å². The fourth-order valence-corrected chi connectivity index (χ4v) is 3.44. The minimum atomic E-state index is 0.446. The highest BCUT2D eigenvalue weighted by Gasteiger charge is 2.16. The zero-order valence-electron chi connectivity index (χ0n) is 10.8. The number of nitrogens with two attached hydrogens (primary N) is 1. The van der Waals surface area contributed by atoms with E-state index in [-0.39, 0.29) is 0 Å². The second-order valence-corrected chi connectivity index (χ2v) is 5.97. The molecule has 6 heteroatoms. The maximum Gasteiger partial charge on any atom is 0.179 e. The first-order valence-corrected chi connectivity index (χ1v) is 7.67. The molecule has 1 saturated carbocycles. The average Bonchev–Trinajstić information content (AvgIpc) is 2.75. The van der Waals surface area contributed by atoms with E-state index >= 15 is 0 Å². The third kappa shape index (κ3) is 2.59. The largest absolute Gasteiger partial charge is 0.382 e. The quantitative estimate of drug-likeness (QED) is 0.881. The van der Waals surface area contributed by atoms with Crippen LogP contribution in [0.5, 0.6) is 0 Å². The molecule has 5 nitrogen and oxygen atoms in total. The lowest BCUT2D eigenvalue weighted by Crippen LogP contribution is -2.10. The lowest BCUT2D eigenvalue weighted by atomic mass is 9.87. The number of fused-ring (bicyclic) bond motifs is 1. The van der Waals surface area contributed by atoms with Gasteiger partial charge < -0.3 is 10.3 Å². The molecule has 0 aliphatic heterocycles. The van der Waals surface area contributed by atoms with E-state index < -0.39 is 0 Å². The number of hydrogen-bond acceptors (Lipinski definition) is 4. The van der Waals surface area contributed by atoms with Gasteiger partial charge in [0.05, 0.1) is 0 Å². The molecule has 0 bridgehead atoms. The Morgan fingerprint density at radius 3 is 2.84 bits per heavy atom. The van der Waals surface area contributed by atoms with Crippen molar-refractivity contribution in [2.75, 3.05) is 5.73 Å². The van der Waals surface area contributed by atoms with Gasteiger partial charge in [-0.2, -0.15) is 0 Å². The molecular formula is C13H18BrN5. The number of aryl methyl sites for hydroxylation is 1. The molecule has 2 aromatic heterocycles. The number of rotatable bonds is 3. The molecule has 1 aliphatic rings. The van der Waals surface area contributed by atoms with E-state index in [1.807, 2.05) is 0 Å². The van der Waals surface area contributed by atoms with Gasteiger partial charge in [0, 0.05) is 6.54 Å². The van der Waals surface area contributed by atoms with Gasteiger partial charge >= 0.3 is 0 Å². The highest BCUT2D eigenvalue weighted by molar-refractivity contribution is 9.10. The molecule has 0 spiro atoms. The Balaban J connectivity index is 1.80. The SMILES string of the molecule is Nc1ncnc2c1nc(Br)n2CCC1CCCCC1. The molecule has 0 radical (unpaired) electrons. The minimum absolute atomic E-state index is 0.446. The van der Waals surface area contributed by atoms with E-state index in [0.29, 0.717) is 11.3 Å². The molecule has 0 amide bonds. The molecule has 102 valence electrons. The van der Waals surface area contributed by atoms with Crippen molar-refractivity contribution >= 4 is 32.9 Å². The second kappa shape index (κ2) is 5.45. The summed E-state index contributed by atoms with van der Waals surface area (Å²) in [4.78, 5) is 12.7. The van der Waals surface area contributed by atoms with E-state index in [2.05, 4.69) is 35.4 Å². The van der Waals surface area contributed by atoms with Crippen molar-refractivity contribution in [3.63, 3.8) is 0 Å². The van der Waals surface area contributed by atoms with Crippen molar-refractivity contribution < 1.29 is 0 Å². The Morgan fingerprint density at radius 1 is 1.26 bits per heavy atom. The van der Waals surface area contributed by atoms with Crippen molar-refractivity contribution in [1.82, 2.24) is 19.5 Å². The monoisotopic (exact) mass is 323 g/mol. The first kappa shape index (κ1) is 12.8. The van der Waals surface area contributed by atoms with Gasteiger partial charge in [-0.05, 0) is 28.3 Å². The van der Waals surface area contributed by atoms with Gasteiger partial charge in [0.15, 0.2) is 21.7 Å². The van der Waals surface area contributed by atoms with Crippen LogP contribution in [0.3, 0.4) is 0 Å². The fraction of sp³-hybridized carbons (Fsp3) is 0.615. The molecule has 2 aromatic rings. The topological polar surface area (TPSA) is 69.6 Å². The molecule has 1 fully saturated rings. The summed E-state index contributed by atoms with van der Waals surface area (Å²) in [5, 5.41) is 0. The molecule has 3 rings (SSSR count). The van der Waals surface area contributed by atoms with Gasteiger partial charge in [-0.15, -0.1) is 0 Å². The minimum Gasteiger partial charge on any atom is -0.382 e. The Kier molecular flexibility index (Phi) is 3.68. The summed E-state index contributed by atoms with van der Waals surface area (Å²) in [7, 11) is 0. The van der Waals surface area contributed by atoms with Crippen molar-refractivity contribution in [3.05, 3.63) is 11.1 Å². The van der Waals surface area contributed by atoms with Crippen molar-refractivity contribution in [2.24, 2.45) is 5.92 Å². The summed E-state index contributed by atoms with van der Waals surface area (Å²) in [6, 6.07) is 0. The molecule has 0 aromatic carbocycles. The van der Waals surface area contributed by atoms with E-state index in [1.165, 1.54) is 44.9 Å². The number of imidazole rings is 1. The van der Waals surface area contributed by atoms with Gasteiger partial charge in [-0.3, -0.25) is 0 Å². The number of halogens is 1. The molecule has 0 unspecified atom stereocenters. The summed E-state index contributed by atoms with van der Waals surface area (Å²) in [5.41, 5.74) is 7.35. The molecule has 2 heterocycles. The predicted octanol–water partition coefficient (Wildman–Crippen LogP) is 3.14. The third-order valence-corrected chi connectivity index (χ3v) is 4.60. The normalized spacial score (nSPS) is 17.1. The van der Waals surface area contributed by atoms with Crippen LogP contribution in [0.2, 0.25) is 0 Å². The number of aromatic nitrogens is 4. The van der Waals surface area contributed by atoms with Crippen LogP contribution >= 0.6 is 15.9 Å². The lowest BCUT2D eigenvalue weighted by molar-refractivity contribution is 0.324. The highest BCUT2D eigenvalue weighted by atomic mass is 79.9. The van der Waals surface area contributed by atoms with Crippen LogP contribution in [-0.2, 0) is 6.54 Å². The molecule has 0 saturated heterocycles. The maximum absolute atomic E-state index is 5.83. The summed E-state index contributed by atoms with van der Waals surface area (Å²) < 4.78 is 2.90. The van der Waals surface area contributed by atoms with Gasteiger partial charge in [0.2, 0.25) is 0 Å². The maximum atomic E-state index is 5.83. The van der Waals surface area contributed by atoms with Crippen LogP contribution < -0.4 is 5.73 Å². The summed E-state index contributed by atoms with van der Waals surface area (Å²) >= 11 is 3.50. The molecule has 0 atom stereocenters. The van der Waals surface area contributed by atoms with Crippen LogP contribution in [-0.4, -0.2) is 19.5 Å². The van der Waals surface area contributed by atoms with E-state index in [9.17, 15) is 0 Å². The summed E-state index contributed by atoms with van der Waals surface area (Å²) in [6.45, 7) is 0.943. The van der Waals surface area contributed by atoms with E-state index in [0.717, 1.165) is 22.8 Å². The Morgan fingerprint density at radius 2 is 2.05 bits per heavy atom. The zero-order chi connectivity index (χ0) is 13.2. The van der Waals surface area contributed by atoms with Crippen LogP contribution in [0.15, 0.2) is 11.1 Å². The summed E-state index contributed by atoms with van der Waals surface area (Å²) in [5.74, 6) is 1.29. The van der Waals surface area contributed by atoms with Crippen LogP contribution in [0, 0.1) is 5.92 Å². The fourth-order valence-electron chi connectivity index (χ4n) is 2.91. The molecule has 2 N–H and O–H groups in total. The average molecular weight is 324 g/mol. The smallest absolute Gasteiger partial charge is 0.179 e. The zero-order valence-corrected chi connectivity index (χ0v) is 12.4. The molecular weight excluding hydrogens is 306 g/mol. The second-order valence-electron chi connectivity index (χ2n) is 5.26. The van der Waals surface area contributed by atoms with Crippen LogP contribution in [0.4, 0.5) is 5.82 Å². The Bertz CT molecular complexity index is 574. The lowest BCUT2D eigenvalue weighted by Gasteiger charge is -2.21. The van der Waals surface area contributed by atoms with Crippen molar-refractivity contribution in [2.45, 2.75) is 45.1 Å². The van der Waals surface area contributed by atoms with Crippen molar-refractivity contribution in [3.8, 4) is 0 Å². The van der Waals surface area contributed by atoms with Crippen LogP contribution in [0.25, 0.3) is 11.2 Å². The van der Waals surface area contributed by atoms with Crippen LogP contribution in [0.1, 0.15) is 38.5 Å².